The van der Waals surface area contributed by atoms with Crippen molar-refractivity contribution in [3.63, 3.8) is 0 Å². The van der Waals surface area contributed by atoms with E-state index in [0.29, 0.717) is 47.7 Å². The molecule has 0 fully saturated rings. The van der Waals surface area contributed by atoms with Crippen LogP contribution in [0.1, 0.15) is 44.1 Å². The second-order valence-electron chi connectivity index (χ2n) is 6.83. The Morgan fingerprint density at radius 1 is 0.967 bits per heavy atom. The largest absolute Gasteiger partial charge is 0.490 e. The number of anilines is 1. The van der Waals surface area contributed by atoms with Crippen LogP contribution >= 0.6 is 0 Å². The Kier molecular flexibility index (Phi) is 7.06. The second-order valence-corrected chi connectivity index (χ2v) is 6.83. The van der Waals surface area contributed by atoms with Crippen LogP contribution in [-0.4, -0.2) is 28.9 Å². The third-order valence-corrected chi connectivity index (χ3v) is 4.51. The zero-order valence-corrected chi connectivity index (χ0v) is 17.6. The molecule has 0 unspecified atom stereocenters. The molecule has 0 saturated carbocycles. The molecule has 1 heterocycles. The third-order valence-electron chi connectivity index (χ3n) is 4.51. The van der Waals surface area contributed by atoms with Crippen molar-refractivity contribution in [3.05, 3.63) is 58.5 Å². The van der Waals surface area contributed by atoms with Crippen LogP contribution in [0, 0.1) is 0 Å². The van der Waals surface area contributed by atoms with Crippen molar-refractivity contribution in [3.8, 4) is 11.5 Å². The maximum absolute atomic E-state index is 13.0. The number of hydrogen-bond acceptors (Lipinski definition) is 5. The number of hydrogen-bond donors (Lipinski definition) is 1. The molecule has 3 aromatic rings. The summed E-state index contributed by atoms with van der Waals surface area (Å²) in [6.07, 6.45) is 1.75. The van der Waals surface area contributed by atoms with Crippen LogP contribution in [0.4, 0.5) is 5.69 Å². The van der Waals surface area contributed by atoms with Gasteiger partial charge in [-0.25, -0.2) is 4.68 Å². The number of nitrogens with zero attached hydrogens (tertiary/aromatic N) is 2. The van der Waals surface area contributed by atoms with Gasteiger partial charge in [-0.2, -0.15) is 5.10 Å². The smallest absolute Gasteiger partial charge is 0.276 e. The van der Waals surface area contributed by atoms with Gasteiger partial charge in [0.1, 0.15) is 0 Å². The van der Waals surface area contributed by atoms with E-state index < -0.39 is 5.91 Å². The average Bonchev–Trinajstić information content (AvgIpc) is 2.77. The Morgan fingerprint density at radius 3 is 2.30 bits per heavy atom. The van der Waals surface area contributed by atoms with Crippen LogP contribution in [0.25, 0.3) is 10.8 Å². The minimum Gasteiger partial charge on any atom is -0.490 e. The summed E-state index contributed by atoms with van der Waals surface area (Å²) >= 11 is 0. The first-order valence-corrected chi connectivity index (χ1v) is 10.3. The van der Waals surface area contributed by atoms with E-state index in [1.165, 1.54) is 4.68 Å². The minimum atomic E-state index is -0.392. The van der Waals surface area contributed by atoms with E-state index in [1.54, 1.807) is 42.5 Å². The topological polar surface area (TPSA) is 82.5 Å². The van der Waals surface area contributed by atoms with Crippen LogP contribution in [0.2, 0.25) is 0 Å². The molecular formula is C23H27N3O4. The summed E-state index contributed by atoms with van der Waals surface area (Å²) in [4.78, 5) is 25.5. The van der Waals surface area contributed by atoms with E-state index in [-0.39, 0.29) is 11.3 Å². The van der Waals surface area contributed by atoms with Crippen molar-refractivity contribution in [1.82, 2.24) is 9.78 Å². The van der Waals surface area contributed by atoms with E-state index in [2.05, 4.69) is 10.4 Å². The maximum Gasteiger partial charge on any atom is 0.276 e. The Balaban J connectivity index is 1.94. The first kappa shape index (κ1) is 21.4. The van der Waals surface area contributed by atoms with Gasteiger partial charge in [-0.1, -0.05) is 32.0 Å². The van der Waals surface area contributed by atoms with E-state index in [9.17, 15) is 9.59 Å². The standard InChI is InChI=1S/C23H27N3O4/c1-4-13-29-19-12-11-16(15-20(19)30-14-5-2)24-22(27)21-17-9-7-8-10-18(17)23(28)26(6-3)25-21/h7-12,15H,4-6,13-14H2,1-3H3,(H,24,27). The number of carbonyl (C=O) groups excluding carboxylic acids is 1. The van der Waals surface area contributed by atoms with Crippen LogP contribution in [0.15, 0.2) is 47.3 Å². The molecule has 1 amide bonds. The van der Waals surface area contributed by atoms with Gasteiger partial charge in [0.05, 0.1) is 18.6 Å². The molecule has 3 rings (SSSR count). The quantitative estimate of drug-likeness (QED) is 0.571. The number of carbonyl (C=O) groups is 1. The van der Waals surface area contributed by atoms with Gasteiger partial charge in [0, 0.05) is 23.7 Å². The zero-order chi connectivity index (χ0) is 21.5. The molecule has 0 aliphatic heterocycles. The monoisotopic (exact) mass is 409 g/mol. The lowest BCUT2D eigenvalue weighted by atomic mass is 10.1. The highest BCUT2D eigenvalue weighted by Gasteiger charge is 2.17. The summed E-state index contributed by atoms with van der Waals surface area (Å²) in [5, 5.41) is 8.14. The lowest BCUT2D eigenvalue weighted by Crippen LogP contribution is -2.27. The molecule has 0 atom stereocenters. The van der Waals surface area contributed by atoms with Crippen molar-refractivity contribution < 1.29 is 14.3 Å². The van der Waals surface area contributed by atoms with E-state index >= 15 is 0 Å². The van der Waals surface area contributed by atoms with Gasteiger partial charge >= 0.3 is 0 Å². The van der Waals surface area contributed by atoms with Gasteiger partial charge in [0.2, 0.25) is 0 Å². The van der Waals surface area contributed by atoms with Crippen LogP contribution in [0.3, 0.4) is 0 Å². The third kappa shape index (κ3) is 4.62. The fourth-order valence-corrected chi connectivity index (χ4v) is 3.05. The molecule has 0 bridgehead atoms. The predicted molar refractivity (Wildman–Crippen MR) is 118 cm³/mol. The summed E-state index contributed by atoms with van der Waals surface area (Å²) in [5.74, 6) is 0.836. The highest BCUT2D eigenvalue weighted by atomic mass is 16.5. The molecule has 158 valence electrons. The fraction of sp³-hybridized carbons (Fsp3) is 0.348. The number of aryl methyl sites for hydroxylation is 1. The predicted octanol–water partition coefficient (Wildman–Crippen LogP) is 4.25. The van der Waals surface area contributed by atoms with Gasteiger partial charge in [-0.3, -0.25) is 9.59 Å². The van der Waals surface area contributed by atoms with Gasteiger partial charge in [0.15, 0.2) is 17.2 Å². The highest BCUT2D eigenvalue weighted by Crippen LogP contribution is 2.31. The van der Waals surface area contributed by atoms with Crippen LogP contribution in [0.5, 0.6) is 11.5 Å². The van der Waals surface area contributed by atoms with Crippen molar-refractivity contribution in [2.24, 2.45) is 0 Å². The number of amides is 1. The Morgan fingerprint density at radius 2 is 1.63 bits per heavy atom. The lowest BCUT2D eigenvalue weighted by Gasteiger charge is -2.14. The summed E-state index contributed by atoms with van der Waals surface area (Å²) < 4.78 is 12.8. The minimum absolute atomic E-state index is 0.203. The molecule has 0 radical (unpaired) electrons. The second kappa shape index (κ2) is 9.91. The van der Waals surface area contributed by atoms with Crippen molar-refractivity contribution in [2.45, 2.75) is 40.2 Å². The first-order chi connectivity index (χ1) is 14.6. The summed E-state index contributed by atoms with van der Waals surface area (Å²) in [7, 11) is 0. The molecule has 2 aromatic carbocycles. The first-order valence-electron chi connectivity index (χ1n) is 10.3. The molecule has 0 saturated heterocycles. The Hall–Kier alpha value is -3.35. The molecule has 0 aliphatic carbocycles. The van der Waals surface area contributed by atoms with Crippen LogP contribution in [-0.2, 0) is 6.54 Å². The van der Waals surface area contributed by atoms with Gasteiger partial charge < -0.3 is 14.8 Å². The molecule has 1 N–H and O–H groups in total. The van der Waals surface area contributed by atoms with Crippen molar-refractivity contribution in [2.75, 3.05) is 18.5 Å². The Bertz CT molecular complexity index is 1090. The molecule has 7 nitrogen and oxygen atoms in total. The van der Waals surface area contributed by atoms with E-state index in [0.717, 1.165) is 12.8 Å². The maximum atomic E-state index is 13.0. The summed E-state index contributed by atoms with van der Waals surface area (Å²) in [6, 6.07) is 12.3. The SMILES string of the molecule is CCCOc1ccc(NC(=O)c2nn(CC)c(=O)c3ccccc23)cc1OCCC. The molecule has 0 aliphatic rings. The molecule has 1 aromatic heterocycles. The van der Waals surface area contributed by atoms with E-state index in [4.69, 9.17) is 9.47 Å². The van der Waals surface area contributed by atoms with Crippen molar-refractivity contribution >= 4 is 22.4 Å². The van der Waals surface area contributed by atoms with Gasteiger partial charge in [0.25, 0.3) is 11.5 Å². The van der Waals surface area contributed by atoms with Crippen LogP contribution < -0.4 is 20.3 Å². The Labute approximate surface area is 175 Å². The molecule has 0 spiro atoms. The lowest BCUT2D eigenvalue weighted by molar-refractivity contribution is 0.102. The van der Waals surface area contributed by atoms with Gasteiger partial charge in [-0.15, -0.1) is 0 Å². The average molecular weight is 409 g/mol. The molecular weight excluding hydrogens is 382 g/mol. The van der Waals surface area contributed by atoms with Gasteiger partial charge in [-0.05, 0) is 38.0 Å². The highest BCUT2D eigenvalue weighted by molar-refractivity contribution is 6.11. The van der Waals surface area contributed by atoms with Crippen molar-refractivity contribution in [1.29, 1.82) is 0 Å². The molecule has 7 heteroatoms. The molecule has 30 heavy (non-hydrogen) atoms. The number of nitrogens with one attached hydrogen (secondary N) is 1. The number of aromatic nitrogens is 2. The number of benzene rings is 2. The zero-order valence-electron chi connectivity index (χ0n) is 17.6. The van der Waals surface area contributed by atoms with E-state index in [1.807, 2.05) is 20.8 Å². The summed E-state index contributed by atoms with van der Waals surface area (Å²) in [6.45, 7) is 7.39. The number of rotatable bonds is 9. The summed E-state index contributed by atoms with van der Waals surface area (Å²) in [5.41, 5.74) is 0.557. The normalized spacial score (nSPS) is 10.8. The number of fused-ring (bicyclic) bond motifs is 1. The fourth-order valence-electron chi connectivity index (χ4n) is 3.05. The number of ether oxygens (including phenoxy) is 2.